The lowest BCUT2D eigenvalue weighted by molar-refractivity contribution is -0.117. The van der Waals surface area contributed by atoms with Crippen LogP contribution in [0.5, 0.6) is 0 Å². The van der Waals surface area contributed by atoms with Crippen LogP contribution in [0.2, 0.25) is 0 Å². The van der Waals surface area contributed by atoms with E-state index in [1.807, 2.05) is 56.0 Å². The average molecular weight is 422 g/mol. The Balaban J connectivity index is 1.35. The van der Waals surface area contributed by atoms with Crippen molar-refractivity contribution in [3.63, 3.8) is 0 Å². The van der Waals surface area contributed by atoms with E-state index in [0.717, 1.165) is 37.3 Å². The van der Waals surface area contributed by atoms with Crippen LogP contribution >= 0.6 is 11.3 Å². The molecule has 0 saturated carbocycles. The molecule has 1 fully saturated rings. The number of para-hydroxylation sites is 1. The summed E-state index contributed by atoms with van der Waals surface area (Å²) in [5.74, 6) is 0.0980. The van der Waals surface area contributed by atoms with Crippen molar-refractivity contribution in [1.29, 1.82) is 0 Å². The van der Waals surface area contributed by atoms with Gasteiger partial charge in [-0.25, -0.2) is 0 Å². The van der Waals surface area contributed by atoms with Gasteiger partial charge in [0.25, 0.3) is 5.91 Å². The average Bonchev–Trinajstić information content (AvgIpc) is 3.08. The summed E-state index contributed by atoms with van der Waals surface area (Å²) in [4.78, 5) is 30.5. The second-order valence-corrected chi connectivity index (χ2v) is 8.99. The van der Waals surface area contributed by atoms with Crippen molar-refractivity contribution in [2.24, 2.45) is 0 Å². The maximum absolute atomic E-state index is 13.1. The van der Waals surface area contributed by atoms with Crippen molar-refractivity contribution in [2.75, 3.05) is 38.0 Å². The van der Waals surface area contributed by atoms with Crippen LogP contribution in [-0.2, 0) is 4.79 Å². The van der Waals surface area contributed by atoms with E-state index < -0.39 is 0 Å². The van der Waals surface area contributed by atoms with Crippen molar-refractivity contribution >= 4 is 38.9 Å². The molecule has 0 radical (unpaired) electrons. The summed E-state index contributed by atoms with van der Waals surface area (Å²) >= 11 is 1.57. The fraction of sp³-hybridized carbons (Fsp3) is 0.333. The number of benzene rings is 2. The molecular formula is C24H27N3O2S. The number of amides is 2. The third-order valence-electron chi connectivity index (χ3n) is 5.81. The van der Waals surface area contributed by atoms with Gasteiger partial charge in [-0.05, 0) is 48.9 Å². The quantitative estimate of drug-likeness (QED) is 0.686. The van der Waals surface area contributed by atoms with Gasteiger partial charge in [-0.1, -0.05) is 36.4 Å². The molecular weight excluding hydrogens is 394 g/mol. The first-order valence-corrected chi connectivity index (χ1v) is 11.1. The highest BCUT2D eigenvalue weighted by molar-refractivity contribution is 7.21. The van der Waals surface area contributed by atoms with Gasteiger partial charge in [0.1, 0.15) is 0 Å². The lowest BCUT2D eigenvalue weighted by Crippen LogP contribution is -2.50. The number of nitrogens with zero attached hydrogens (tertiary/aromatic N) is 2. The minimum Gasteiger partial charge on any atom is -0.335 e. The Hall–Kier alpha value is -2.70. The molecule has 4 rings (SSSR count). The number of rotatable bonds is 4. The maximum Gasteiger partial charge on any atom is 0.264 e. The van der Waals surface area contributed by atoms with Crippen molar-refractivity contribution in [3.8, 4) is 0 Å². The number of hydrogen-bond acceptors (Lipinski definition) is 4. The van der Waals surface area contributed by atoms with Crippen LogP contribution in [0, 0.1) is 20.8 Å². The molecule has 2 amide bonds. The Labute approximate surface area is 181 Å². The Morgan fingerprint density at radius 3 is 2.27 bits per heavy atom. The summed E-state index contributed by atoms with van der Waals surface area (Å²) in [7, 11) is 0. The number of carbonyl (C=O) groups excluding carboxylic acids is 2. The van der Waals surface area contributed by atoms with Crippen LogP contribution in [0.3, 0.4) is 0 Å². The van der Waals surface area contributed by atoms with E-state index in [4.69, 9.17) is 0 Å². The van der Waals surface area contributed by atoms with E-state index in [-0.39, 0.29) is 11.8 Å². The predicted octanol–water partition coefficient (Wildman–Crippen LogP) is 4.22. The molecule has 0 spiro atoms. The minimum absolute atomic E-state index is 0.00692. The number of carbonyl (C=O) groups is 2. The number of aryl methyl sites for hydroxylation is 3. The fourth-order valence-electron chi connectivity index (χ4n) is 4.02. The molecule has 30 heavy (non-hydrogen) atoms. The van der Waals surface area contributed by atoms with Gasteiger partial charge in [0.15, 0.2) is 0 Å². The second kappa shape index (κ2) is 8.58. The van der Waals surface area contributed by atoms with E-state index in [9.17, 15) is 9.59 Å². The largest absolute Gasteiger partial charge is 0.335 e. The van der Waals surface area contributed by atoms with Crippen LogP contribution in [-0.4, -0.2) is 54.3 Å². The van der Waals surface area contributed by atoms with Gasteiger partial charge in [0, 0.05) is 36.6 Å². The van der Waals surface area contributed by atoms with Crippen LogP contribution < -0.4 is 5.32 Å². The topological polar surface area (TPSA) is 52.7 Å². The lowest BCUT2D eigenvalue weighted by atomic mass is 10.1. The molecule has 2 aromatic carbocycles. The molecule has 156 valence electrons. The summed E-state index contributed by atoms with van der Waals surface area (Å²) in [6.45, 7) is 9.07. The molecule has 1 saturated heterocycles. The molecule has 1 aliphatic heterocycles. The molecule has 2 heterocycles. The zero-order chi connectivity index (χ0) is 21.3. The third kappa shape index (κ3) is 4.11. The highest BCUT2D eigenvalue weighted by Crippen LogP contribution is 2.31. The Morgan fingerprint density at radius 2 is 1.60 bits per heavy atom. The molecule has 6 heteroatoms. The molecule has 3 aromatic rings. The number of fused-ring (bicyclic) bond motifs is 1. The summed E-state index contributed by atoms with van der Waals surface area (Å²) in [5.41, 5.74) is 4.10. The monoisotopic (exact) mass is 421 g/mol. The third-order valence-corrected chi connectivity index (χ3v) is 7.07. The van der Waals surface area contributed by atoms with E-state index >= 15 is 0 Å². The van der Waals surface area contributed by atoms with Crippen LogP contribution in [0.15, 0.2) is 42.5 Å². The highest BCUT2D eigenvalue weighted by atomic mass is 32.1. The Morgan fingerprint density at radius 1 is 0.933 bits per heavy atom. The Kier molecular flexibility index (Phi) is 5.88. The van der Waals surface area contributed by atoms with E-state index in [0.29, 0.717) is 32.7 Å². The first-order valence-electron chi connectivity index (χ1n) is 10.3. The standard InChI is InChI=1S/C24H27N3O2S/c1-16-7-6-8-17(2)22(16)25-21(28)15-26-11-13-27(14-12-26)24(29)23-18(3)19-9-4-5-10-20(19)30-23/h4-10H,11-15H2,1-3H3,(H,25,28). The number of thiophene rings is 1. The van der Waals surface area contributed by atoms with Gasteiger partial charge >= 0.3 is 0 Å². The molecule has 1 aliphatic rings. The molecule has 5 nitrogen and oxygen atoms in total. The number of nitrogens with one attached hydrogen (secondary N) is 1. The first-order chi connectivity index (χ1) is 14.4. The van der Waals surface area contributed by atoms with Crippen molar-refractivity contribution in [2.45, 2.75) is 20.8 Å². The molecule has 0 atom stereocenters. The number of piperazine rings is 1. The molecule has 0 bridgehead atoms. The van der Waals surface area contributed by atoms with Gasteiger partial charge in [-0.3, -0.25) is 14.5 Å². The van der Waals surface area contributed by atoms with Crippen molar-refractivity contribution < 1.29 is 9.59 Å². The number of hydrogen-bond donors (Lipinski definition) is 1. The zero-order valence-electron chi connectivity index (χ0n) is 17.7. The van der Waals surface area contributed by atoms with Gasteiger partial charge in [0.05, 0.1) is 11.4 Å². The normalized spacial score (nSPS) is 14.8. The highest BCUT2D eigenvalue weighted by Gasteiger charge is 2.26. The Bertz CT molecular complexity index is 1080. The van der Waals surface area contributed by atoms with Gasteiger partial charge in [0.2, 0.25) is 5.91 Å². The summed E-state index contributed by atoms with van der Waals surface area (Å²) in [6.07, 6.45) is 0. The van der Waals surface area contributed by atoms with Crippen LogP contribution in [0.4, 0.5) is 5.69 Å². The van der Waals surface area contributed by atoms with Crippen molar-refractivity contribution in [3.05, 3.63) is 64.0 Å². The SMILES string of the molecule is Cc1cccc(C)c1NC(=O)CN1CCN(C(=O)c2sc3ccccc3c2C)CC1. The lowest BCUT2D eigenvalue weighted by Gasteiger charge is -2.34. The molecule has 1 N–H and O–H groups in total. The predicted molar refractivity (Wildman–Crippen MR) is 123 cm³/mol. The molecule has 0 aliphatic carbocycles. The molecule has 0 unspecified atom stereocenters. The van der Waals surface area contributed by atoms with Crippen LogP contribution in [0.1, 0.15) is 26.4 Å². The summed E-state index contributed by atoms with van der Waals surface area (Å²) < 4.78 is 1.15. The smallest absolute Gasteiger partial charge is 0.264 e. The van der Waals surface area contributed by atoms with E-state index in [2.05, 4.69) is 22.3 Å². The fourth-order valence-corrected chi connectivity index (χ4v) is 5.20. The first kappa shape index (κ1) is 20.6. The number of anilines is 1. The van der Waals surface area contributed by atoms with Gasteiger partial charge < -0.3 is 10.2 Å². The summed E-state index contributed by atoms with van der Waals surface area (Å²) in [6, 6.07) is 14.2. The van der Waals surface area contributed by atoms with Gasteiger partial charge in [-0.15, -0.1) is 11.3 Å². The van der Waals surface area contributed by atoms with Crippen LogP contribution in [0.25, 0.3) is 10.1 Å². The second-order valence-electron chi connectivity index (χ2n) is 7.94. The maximum atomic E-state index is 13.1. The van der Waals surface area contributed by atoms with Crippen molar-refractivity contribution in [1.82, 2.24) is 9.80 Å². The zero-order valence-corrected chi connectivity index (χ0v) is 18.5. The van der Waals surface area contributed by atoms with E-state index in [1.165, 1.54) is 0 Å². The van der Waals surface area contributed by atoms with Gasteiger partial charge in [-0.2, -0.15) is 0 Å². The molecule has 1 aromatic heterocycles. The minimum atomic E-state index is -0.00692. The van der Waals surface area contributed by atoms with E-state index in [1.54, 1.807) is 11.3 Å². The summed E-state index contributed by atoms with van der Waals surface area (Å²) in [5, 5.41) is 4.21.